The second-order valence-corrected chi connectivity index (χ2v) is 7.76. The van der Waals surface area contributed by atoms with Crippen molar-refractivity contribution >= 4 is 16.9 Å². The Balaban J connectivity index is 1.85. The number of hydrogen-bond donors (Lipinski definition) is 1. The maximum atomic E-state index is 15.0. The lowest BCUT2D eigenvalue weighted by Gasteiger charge is -2.30. The Bertz CT molecular complexity index is 1090. The summed E-state index contributed by atoms with van der Waals surface area (Å²) in [6.07, 6.45) is 0.354. The number of ether oxygens (including phenoxy) is 1. The fraction of sp³-hybridized carbons (Fsp3) is 0.348. The van der Waals surface area contributed by atoms with Crippen molar-refractivity contribution in [2.75, 3.05) is 33.8 Å². The van der Waals surface area contributed by atoms with Crippen LogP contribution < -0.4 is 5.32 Å². The summed E-state index contributed by atoms with van der Waals surface area (Å²) in [6.45, 7) is 4.10. The molecule has 1 unspecified atom stereocenters. The third-order valence-corrected chi connectivity index (χ3v) is 5.48. The third-order valence-electron chi connectivity index (χ3n) is 5.48. The number of halogens is 2. The Morgan fingerprint density at radius 2 is 1.97 bits per heavy atom. The second-order valence-electron chi connectivity index (χ2n) is 7.76. The molecule has 0 saturated carbocycles. The first-order valence-electron chi connectivity index (χ1n) is 9.91. The van der Waals surface area contributed by atoms with Crippen LogP contribution in [0, 0.1) is 18.6 Å². The van der Waals surface area contributed by atoms with Crippen molar-refractivity contribution in [3.05, 3.63) is 58.7 Å². The van der Waals surface area contributed by atoms with Crippen LogP contribution in [0.3, 0.4) is 0 Å². The molecule has 1 saturated heterocycles. The smallest absolute Gasteiger partial charge is 0.251 e. The number of carbonyl (C=O) groups excluding carboxylic acids is 1. The van der Waals surface area contributed by atoms with E-state index in [0.717, 1.165) is 36.2 Å². The van der Waals surface area contributed by atoms with Crippen molar-refractivity contribution in [1.29, 1.82) is 0 Å². The van der Waals surface area contributed by atoms with Gasteiger partial charge in [-0.3, -0.25) is 4.79 Å². The number of nitrogens with one attached hydrogen (secondary N) is 1. The molecule has 5 nitrogen and oxygen atoms in total. The molecule has 158 valence electrons. The molecule has 0 radical (unpaired) electrons. The van der Waals surface area contributed by atoms with E-state index in [4.69, 9.17) is 9.15 Å². The zero-order valence-electron chi connectivity index (χ0n) is 17.2. The molecule has 2 aromatic carbocycles. The van der Waals surface area contributed by atoms with Crippen molar-refractivity contribution in [2.45, 2.75) is 19.4 Å². The zero-order chi connectivity index (χ0) is 21.4. The summed E-state index contributed by atoms with van der Waals surface area (Å²) in [7, 11) is 3.43. The first-order valence-corrected chi connectivity index (χ1v) is 9.91. The number of furan rings is 1. The minimum absolute atomic E-state index is 0.0815. The van der Waals surface area contributed by atoms with Gasteiger partial charge in [-0.2, -0.15) is 0 Å². The summed E-state index contributed by atoms with van der Waals surface area (Å²) in [5.41, 5.74) is 1.91. The average Bonchev–Trinajstić information content (AvgIpc) is 3.03. The number of morpholine rings is 1. The van der Waals surface area contributed by atoms with Crippen molar-refractivity contribution < 1.29 is 22.7 Å². The standard InChI is InChI=1S/C23H24F2N2O3/c1-13-4-5-16-17(11-15-12-27(3)6-7-29-15)22(30-20(16)8-13)21-18(24)9-14(10-19(21)25)23(28)26-2/h4-5,8-10,15H,6-7,11-12H2,1-3H3,(H,26,28). The highest BCUT2D eigenvalue weighted by Gasteiger charge is 2.27. The van der Waals surface area contributed by atoms with E-state index in [1.54, 1.807) is 0 Å². The van der Waals surface area contributed by atoms with Gasteiger partial charge in [0.15, 0.2) is 0 Å². The van der Waals surface area contributed by atoms with Gasteiger partial charge in [0.2, 0.25) is 0 Å². The lowest BCUT2D eigenvalue weighted by Crippen LogP contribution is -2.41. The van der Waals surface area contributed by atoms with Crippen LogP contribution in [0.4, 0.5) is 8.78 Å². The molecule has 1 aromatic heterocycles. The molecule has 1 fully saturated rings. The van der Waals surface area contributed by atoms with Crippen molar-refractivity contribution in [3.8, 4) is 11.3 Å². The van der Waals surface area contributed by atoms with E-state index in [2.05, 4.69) is 10.2 Å². The summed E-state index contributed by atoms with van der Waals surface area (Å²) >= 11 is 0. The van der Waals surface area contributed by atoms with E-state index in [-0.39, 0.29) is 23.0 Å². The number of carbonyl (C=O) groups is 1. The topological polar surface area (TPSA) is 54.7 Å². The predicted molar refractivity (Wildman–Crippen MR) is 111 cm³/mol. The van der Waals surface area contributed by atoms with Gasteiger partial charge in [-0.1, -0.05) is 12.1 Å². The Labute approximate surface area is 173 Å². The molecule has 7 heteroatoms. The number of fused-ring (bicyclic) bond motifs is 1. The number of rotatable bonds is 4. The number of benzene rings is 2. The molecule has 0 aliphatic carbocycles. The lowest BCUT2D eigenvalue weighted by molar-refractivity contribution is -0.0184. The van der Waals surface area contributed by atoms with Gasteiger partial charge >= 0.3 is 0 Å². The van der Waals surface area contributed by atoms with Crippen molar-refractivity contribution in [3.63, 3.8) is 0 Å². The molecule has 0 spiro atoms. The molecule has 4 rings (SSSR count). The van der Waals surface area contributed by atoms with Crippen LogP contribution in [0.25, 0.3) is 22.3 Å². The van der Waals surface area contributed by atoms with Gasteiger partial charge < -0.3 is 19.4 Å². The van der Waals surface area contributed by atoms with Crippen molar-refractivity contribution in [1.82, 2.24) is 10.2 Å². The quantitative estimate of drug-likeness (QED) is 0.703. The number of likely N-dealkylation sites (N-methyl/N-ethyl adjacent to an activating group) is 1. The minimum atomic E-state index is -0.840. The second kappa shape index (κ2) is 8.16. The molecule has 2 heterocycles. The van der Waals surface area contributed by atoms with E-state index in [1.807, 2.05) is 32.2 Å². The minimum Gasteiger partial charge on any atom is -0.456 e. The highest BCUT2D eigenvalue weighted by Crippen LogP contribution is 2.38. The molecular weight excluding hydrogens is 390 g/mol. The lowest BCUT2D eigenvalue weighted by atomic mass is 9.97. The van der Waals surface area contributed by atoms with Gasteiger partial charge in [-0.05, 0) is 37.7 Å². The maximum absolute atomic E-state index is 15.0. The van der Waals surface area contributed by atoms with Gasteiger partial charge in [0, 0.05) is 43.1 Å². The highest BCUT2D eigenvalue weighted by atomic mass is 19.1. The number of aryl methyl sites for hydroxylation is 1. The molecule has 3 aromatic rings. The summed E-state index contributed by atoms with van der Waals surface area (Å²) in [5.74, 6) is -2.09. The predicted octanol–water partition coefficient (Wildman–Crippen LogP) is 3.92. The SMILES string of the molecule is CNC(=O)c1cc(F)c(-c2oc3cc(C)ccc3c2CC2CN(C)CCO2)c(F)c1. The van der Waals surface area contributed by atoms with E-state index in [1.165, 1.54) is 7.05 Å². The largest absolute Gasteiger partial charge is 0.456 e. The Hall–Kier alpha value is -2.77. The highest BCUT2D eigenvalue weighted by molar-refractivity contribution is 5.95. The van der Waals surface area contributed by atoms with Gasteiger partial charge in [-0.25, -0.2) is 8.78 Å². The summed E-state index contributed by atoms with van der Waals surface area (Å²) in [5, 5.41) is 3.18. The van der Waals surface area contributed by atoms with E-state index < -0.39 is 17.5 Å². The Morgan fingerprint density at radius 1 is 1.23 bits per heavy atom. The molecule has 1 aliphatic heterocycles. The molecule has 1 amide bonds. The number of hydrogen-bond acceptors (Lipinski definition) is 4. The first-order chi connectivity index (χ1) is 14.4. The molecule has 1 aliphatic rings. The fourth-order valence-corrected chi connectivity index (χ4v) is 3.95. The van der Waals surface area contributed by atoms with E-state index in [0.29, 0.717) is 24.2 Å². The molecule has 0 bridgehead atoms. The summed E-state index contributed by atoms with van der Waals surface area (Å²) < 4.78 is 41.9. The van der Waals surface area contributed by atoms with Crippen LogP contribution in [-0.2, 0) is 11.2 Å². The number of nitrogens with zero attached hydrogens (tertiary/aromatic N) is 1. The van der Waals surface area contributed by atoms with Crippen LogP contribution in [-0.4, -0.2) is 50.7 Å². The monoisotopic (exact) mass is 414 g/mol. The Morgan fingerprint density at radius 3 is 2.63 bits per heavy atom. The molecule has 1 N–H and O–H groups in total. The van der Waals surface area contributed by atoms with Crippen LogP contribution in [0.5, 0.6) is 0 Å². The summed E-state index contributed by atoms with van der Waals surface area (Å²) in [4.78, 5) is 14.0. The number of amides is 1. The fourth-order valence-electron chi connectivity index (χ4n) is 3.95. The van der Waals surface area contributed by atoms with Crippen LogP contribution in [0.15, 0.2) is 34.7 Å². The van der Waals surface area contributed by atoms with E-state index >= 15 is 8.78 Å². The normalized spacial score (nSPS) is 17.4. The van der Waals surface area contributed by atoms with Crippen LogP contribution >= 0.6 is 0 Å². The van der Waals surface area contributed by atoms with Gasteiger partial charge in [0.1, 0.15) is 23.0 Å². The van der Waals surface area contributed by atoms with Crippen LogP contribution in [0.1, 0.15) is 21.5 Å². The van der Waals surface area contributed by atoms with E-state index in [9.17, 15) is 4.79 Å². The molecule has 30 heavy (non-hydrogen) atoms. The zero-order valence-corrected chi connectivity index (χ0v) is 17.2. The van der Waals surface area contributed by atoms with Crippen LogP contribution in [0.2, 0.25) is 0 Å². The average molecular weight is 414 g/mol. The van der Waals surface area contributed by atoms with Crippen molar-refractivity contribution in [2.24, 2.45) is 0 Å². The molecule has 1 atom stereocenters. The Kier molecular flexibility index (Phi) is 5.58. The summed E-state index contributed by atoms with van der Waals surface area (Å²) in [6, 6.07) is 7.77. The third kappa shape index (κ3) is 3.82. The van der Waals surface area contributed by atoms with Gasteiger partial charge in [0.25, 0.3) is 5.91 Å². The van der Waals surface area contributed by atoms with Gasteiger partial charge in [0.05, 0.1) is 18.3 Å². The van der Waals surface area contributed by atoms with Gasteiger partial charge in [-0.15, -0.1) is 0 Å². The first kappa shape index (κ1) is 20.5. The molecular formula is C23H24F2N2O3. The maximum Gasteiger partial charge on any atom is 0.251 e.